The van der Waals surface area contributed by atoms with Gasteiger partial charge >= 0.3 is 6.18 Å². The fourth-order valence-electron chi connectivity index (χ4n) is 2.22. The van der Waals surface area contributed by atoms with Crippen LogP contribution in [0.1, 0.15) is 18.1 Å². The van der Waals surface area contributed by atoms with Gasteiger partial charge in [0.25, 0.3) is 5.91 Å². The lowest BCUT2D eigenvalue weighted by Gasteiger charge is -2.16. The van der Waals surface area contributed by atoms with Crippen LogP contribution in [0.5, 0.6) is 5.75 Å². The van der Waals surface area contributed by atoms with Crippen LogP contribution in [0.4, 0.5) is 24.5 Å². The Labute approximate surface area is 162 Å². The van der Waals surface area contributed by atoms with Crippen molar-refractivity contribution in [2.24, 2.45) is 0 Å². The maximum absolute atomic E-state index is 13.3. The van der Waals surface area contributed by atoms with Crippen LogP contribution in [0, 0.1) is 6.92 Å². The molecule has 0 heterocycles. The van der Waals surface area contributed by atoms with Gasteiger partial charge in [-0.3, -0.25) is 9.59 Å². The molecule has 2 aromatic rings. The first-order valence-corrected chi connectivity index (χ1v) is 8.53. The molecule has 0 aliphatic carbocycles. The first-order valence-electron chi connectivity index (χ1n) is 7.74. The molecule has 0 radical (unpaired) electrons. The van der Waals surface area contributed by atoms with Crippen LogP contribution in [-0.4, -0.2) is 18.4 Å². The summed E-state index contributed by atoms with van der Waals surface area (Å²) in [5, 5.41) is 4.46. The molecule has 27 heavy (non-hydrogen) atoms. The van der Waals surface area contributed by atoms with E-state index in [4.69, 9.17) is 4.74 Å². The van der Waals surface area contributed by atoms with E-state index in [1.54, 1.807) is 18.2 Å². The standard InChI is InChI=1S/C18H16BrF3N2O3/c1-10-3-6-16(14(19)7-10)27-9-17(26)24-15-5-4-12(23-11(2)25)8-13(15)18(20,21)22/h3-8H,9H2,1-2H3,(H,23,25)(H,24,26). The number of ether oxygens (including phenoxy) is 1. The van der Waals surface area contributed by atoms with E-state index in [0.29, 0.717) is 10.2 Å². The Morgan fingerprint density at radius 2 is 1.81 bits per heavy atom. The van der Waals surface area contributed by atoms with Crippen molar-refractivity contribution in [3.63, 3.8) is 0 Å². The van der Waals surface area contributed by atoms with Crippen molar-refractivity contribution in [1.29, 1.82) is 0 Å². The van der Waals surface area contributed by atoms with Crippen LogP contribution < -0.4 is 15.4 Å². The second-order valence-corrected chi connectivity index (χ2v) is 6.56. The number of benzene rings is 2. The number of aryl methyl sites for hydroxylation is 1. The van der Waals surface area contributed by atoms with Crippen LogP contribution in [0.15, 0.2) is 40.9 Å². The third kappa shape index (κ3) is 5.99. The zero-order valence-corrected chi connectivity index (χ0v) is 16.0. The summed E-state index contributed by atoms with van der Waals surface area (Å²) in [6, 6.07) is 8.32. The van der Waals surface area contributed by atoms with Crippen molar-refractivity contribution in [2.75, 3.05) is 17.2 Å². The van der Waals surface area contributed by atoms with E-state index in [9.17, 15) is 22.8 Å². The second-order valence-electron chi connectivity index (χ2n) is 5.71. The normalized spacial score (nSPS) is 11.0. The van der Waals surface area contributed by atoms with Gasteiger partial charge in [-0.25, -0.2) is 0 Å². The van der Waals surface area contributed by atoms with Gasteiger partial charge in [-0.2, -0.15) is 13.2 Å². The van der Waals surface area contributed by atoms with E-state index in [-0.39, 0.29) is 5.69 Å². The highest BCUT2D eigenvalue weighted by Gasteiger charge is 2.34. The van der Waals surface area contributed by atoms with Gasteiger partial charge in [-0.05, 0) is 58.7 Å². The summed E-state index contributed by atoms with van der Waals surface area (Å²) < 4.78 is 45.7. The maximum atomic E-state index is 13.3. The highest BCUT2D eigenvalue weighted by atomic mass is 79.9. The van der Waals surface area contributed by atoms with Gasteiger partial charge in [0.2, 0.25) is 5.91 Å². The number of carbonyl (C=O) groups is 2. The van der Waals surface area contributed by atoms with Crippen LogP contribution >= 0.6 is 15.9 Å². The zero-order valence-electron chi connectivity index (χ0n) is 14.4. The summed E-state index contributed by atoms with van der Waals surface area (Å²) >= 11 is 3.29. The third-order valence-electron chi connectivity index (χ3n) is 3.37. The van der Waals surface area contributed by atoms with Crippen molar-refractivity contribution in [2.45, 2.75) is 20.0 Å². The van der Waals surface area contributed by atoms with E-state index < -0.39 is 35.8 Å². The molecule has 0 saturated heterocycles. The summed E-state index contributed by atoms with van der Waals surface area (Å²) in [4.78, 5) is 23.0. The number of hydrogen-bond donors (Lipinski definition) is 2. The number of carbonyl (C=O) groups excluding carboxylic acids is 2. The molecule has 0 saturated carbocycles. The second kappa shape index (κ2) is 8.43. The molecule has 144 valence electrons. The molecule has 0 spiro atoms. The Morgan fingerprint density at radius 1 is 1.11 bits per heavy atom. The van der Waals surface area contributed by atoms with Gasteiger partial charge in [0.05, 0.1) is 15.7 Å². The molecular formula is C18H16BrF3N2O3. The first-order chi connectivity index (χ1) is 12.6. The Hall–Kier alpha value is -2.55. The van der Waals surface area contributed by atoms with Crippen LogP contribution in [0.2, 0.25) is 0 Å². The SMILES string of the molecule is CC(=O)Nc1ccc(NC(=O)COc2ccc(C)cc2Br)c(C(F)(F)F)c1. The van der Waals surface area contributed by atoms with Crippen molar-refractivity contribution < 1.29 is 27.5 Å². The summed E-state index contributed by atoms with van der Waals surface area (Å²) in [5.74, 6) is -0.856. The number of amides is 2. The van der Waals surface area contributed by atoms with Crippen molar-refractivity contribution in [3.05, 3.63) is 52.0 Å². The Morgan fingerprint density at radius 3 is 2.41 bits per heavy atom. The summed E-state index contributed by atoms with van der Waals surface area (Å²) in [6.07, 6.45) is -4.71. The first kappa shape index (κ1) is 20.8. The topological polar surface area (TPSA) is 67.4 Å². The predicted octanol–water partition coefficient (Wildman–Crippen LogP) is 4.75. The lowest BCUT2D eigenvalue weighted by molar-refractivity contribution is -0.137. The minimum Gasteiger partial charge on any atom is -0.483 e. The van der Waals surface area contributed by atoms with Gasteiger partial charge < -0.3 is 15.4 Å². The molecule has 2 aromatic carbocycles. The molecule has 0 aromatic heterocycles. The molecule has 0 unspecified atom stereocenters. The average Bonchev–Trinajstić information content (AvgIpc) is 2.54. The molecule has 0 atom stereocenters. The van der Waals surface area contributed by atoms with Crippen LogP contribution in [-0.2, 0) is 15.8 Å². The highest BCUT2D eigenvalue weighted by molar-refractivity contribution is 9.10. The highest BCUT2D eigenvalue weighted by Crippen LogP contribution is 2.36. The Balaban J connectivity index is 2.13. The van der Waals surface area contributed by atoms with Gasteiger partial charge in [0, 0.05) is 12.6 Å². The van der Waals surface area contributed by atoms with Gasteiger partial charge in [-0.15, -0.1) is 0 Å². The van der Waals surface area contributed by atoms with Gasteiger partial charge in [-0.1, -0.05) is 6.07 Å². The van der Waals surface area contributed by atoms with Crippen molar-refractivity contribution in [3.8, 4) is 5.75 Å². The zero-order chi connectivity index (χ0) is 20.2. The quantitative estimate of drug-likeness (QED) is 0.698. The molecular weight excluding hydrogens is 429 g/mol. The summed E-state index contributed by atoms with van der Waals surface area (Å²) in [6.45, 7) is 2.60. The smallest absolute Gasteiger partial charge is 0.418 e. The monoisotopic (exact) mass is 444 g/mol. The van der Waals surface area contributed by atoms with E-state index in [1.807, 2.05) is 6.92 Å². The predicted molar refractivity (Wildman–Crippen MR) is 98.8 cm³/mol. The third-order valence-corrected chi connectivity index (χ3v) is 3.99. The van der Waals surface area contributed by atoms with Gasteiger partial charge in [0.1, 0.15) is 5.75 Å². The average molecular weight is 445 g/mol. The number of nitrogens with one attached hydrogen (secondary N) is 2. The number of rotatable bonds is 5. The molecule has 0 fully saturated rings. The number of halogens is 4. The minimum absolute atomic E-state index is 0.0207. The van der Waals surface area contributed by atoms with E-state index in [2.05, 4.69) is 26.6 Å². The molecule has 5 nitrogen and oxygen atoms in total. The molecule has 2 N–H and O–H groups in total. The van der Waals surface area contributed by atoms with E-state index >= 15 is 0 Å². The fourth-order valence-corrected chi connectivity index (χ4v) is 2.83. The molecule has 0 bridgehead atoms. The van der Waals surface area contributed by atoms with Gasteiger partial charge in [0.15, 0.2) is 6.61 Å². The van der Waals surface area contributed by atoms with Crippen LogP contribution in [0.25, 0.3) is 0 Å². The lowest BCUT2D eigenvalue weighted by Crippen LogP contribution is -2.22. The molecule has 0 aliphatic rings. The molecule has 2 amide bonds. The van der Waals surface area contributed by atoms with Crippen molar-refractivity contribution >= 4 is 39.1 Å². The summed E-state index contributed by atoms with van der Waals surface area (Å²) in [5.41, 5.74) is -0.535. The largest absolute Gasteiger partial charge is 0.483 e. The summed E-state index contributed by atoms with van der Waals surface area (Å²) in [7, 11) is 0. The lowest BCUT2D eigenvalue weighted by atomic mass is 10.1. The van der Waals surface area contributed by atoms with Crippen molar-refractivity contribution in [1.82, 2.24) is 0 Å². The van der Waals surface area contributed by atoms with E-state index in [0.717, 1.165) is 17.7 Å². The van der Waals surface area contributed by atoms with Crippen LogP contribution in [0.3, 0.4) is 0 Å². The Bertz CT molecular complexity index is 869. The number of alkyl halides is 3. The molecule has 2 rings (SSSR count). The fraction of sp³-hybridized carbons (Fsp3) is 0.222. The number of anilines is 2. The number of hydrogen-bond acceptors (Lipinski definition) is 3. The van der Waals surface area contributed by atoms with E-state index in [1.165, 1.54) is 13.0 Å². The molecule has 9 heteroatoms. The minimum atomic E-state index is -4.71. The Kier molecular flexibility index (Phi) is 6.48. The maximum Gasteiger partial charge on any atom is 0.418 e. The molecule has 0 aliphatic heterocycles.